The number of fused-ring (bicyclic) bond motifs is 2. The molecular weight excluding hydrogens is 516 g/mol. The molecule has 0 spiro atoms. The number of aromatic nitrogens is 1. The van der Waals surface area contributed by atoms with Gasteiger partial charge in [-0.3, -0.25) is 0 Å². The summed E-state index contributed by atoms with van der Waals surface area (Å²) >= 11 is 0.239. The number of rotatable bonds is 3. The van der Waals surface area contributed by atoms with Gasteiger partial charge in [-0.1, -0.05) is 0 Å². The molecule has 0 aliphatic carbocycles. The molecule has 1 aliphatic rings. The van der Waals surface area contributed by atoms with E-state index in [2.05, 4.69) is 4.98 Å². The van der Waals surface area contributed by atoms with Crippen molar-refractivity contribution in [1.82, 2.24) is 9.88 Å². The number of halogens is 1. The van der Waals surface area contributed by atoms with Gasteiger partial charge in [-0.25, -0.2) is 0 Å². The normalized spacial score (nSPS) is 13.3. The second-order valence-electron chi connectivity index (χ2n) is 5.84. The molecule has 1 aromatic heterocycles. The molecule has 2 aromatic carbocycles. The summed E-state index contributed by atoms with van der Waals surface area (Å²) in [5.41, 5.74) is 2.13. The molecule has 7 heteroatoms. The van der Waals surface area contributed by atoms with Crippen molar-refractivity contribution in [2.24, 2.45) is 0 Å². The molecule has 25 heavy (non-hydrogen) atoms. The van der Waals surface area contributed by atoms with Crippen LogP contribution < -0.4 is 2.69 Å². The van der Waals surface area contributed by atoms with Crippen LogP contribution in [0, 0.1) is 5.82 Å². The Morgan fingerprint density at radius 2 is 2.04 bits per heavy atom. The second kappa shape index (κ2) is 6.25. The van der Waals surface area contributed by atoms with Crippen LogP contribution in [-0.4, -0.2) is 47.1 Å². The molecule has 3 aromatic rings. The van der Waals surface area contributed by atoms with Gasteiger partial charge in [0.2, 0.25) is 0 Å². The van der Waals surface area contributed by atoms with E-state index in [4.69, 9.17) is 2.69 Å². The van der Waals surface area contributed by atoms with Crippen molar-refractivity contribution in [3.63, 3.8) is 0 Å². The van der Waals surface area contributed by atoms with Crippen molar-refractivity contribution in [1.29, 1.82) is 0 Å². The molecule has 2 heterocycles. The zero-order valence-corrected chi connectivity index (χ0v) is 17.6. The molecule has 1 N–H and O–H groups in total. The molecule has 1 aliphatic heterocycles. The van der Waals surface area contributed by atoms with Crippen molar-refractivity contribution in [3.8, 4) is 11.5 Å². The Labute approximate surface area is 159 Å². The molecular formula is C18H12FN2O3Tl. The Morgan fingerprint density at radius 1 is 1.28 bits per heavy atom. The molecule has 0 fully saturated rings. The molecule has 0 radical (unpaired) electrons. The number of pyridine rings is 1. The number of hydrogen-bond donors (Lipinski definition) is 1. The van der Waals surface area contributed by atoms with E-state index in [0.717, 1.165) is 5.56 Å². The van der Waals surface area contributed by atoms with Crippen molar-refractivity contribution in [2.75, 3.05) is 0 Å². The van der Waals surface area contributed by atoms with E-state index in [1.54, 1.807) is 29.3 Å². The number of hydrogen-bond acceptors (Lipinski definition) is 4. The Kier molecular flexibility index (Phi) is 4.06. The molecule has 5 nitrogen and oxygen atoms in total. The van der Waals surface area contributed by atoms with E-state index in [1.165, 1.54) is 12.1 Å². The average molecular weight is 528 g/mol. The summed E-state index contributed by atoms with van der Waals surface area (Å²) in [5, 5.41) is 11.3. The molecule has 4 rings (SSSR count). The van der Waals surface area contributed by atoms with Crippen LogP contribution in [0.15, 0.2) is 42.6 Å². The first-order valence-corrected chi connectivity index (χ1v) is 9.46. The zero-order chi connectivity index (χ0) is 17.6. The van der Waals surface area contributed by atoms with Crippen LogP contribution in [0.5, 0.6) is 11.5 Å². The fourth-order valence-electron chi connectivity index (χ4n) is 3.19. The predicted molar refractivity (Wildman–Crippen MR) is 89.8 cm³/mol. The fraction of sp³-hybridized carbons (Fsp3) is 0.111. The SMILES string of the molecule is O=C1c2c(c([O][Tl])c3cccnc3c2O)CN1Cc1ccc(F)cc1. The monoisotopic (exact) mass is 528 g/mol. The van der Waals surface area contributed by atoms with Gasteiger partial charge >= 0.3 is 160 Å². The summed E-state index contributed by atoms with van der Waals surface area (Å²) in [5.74, 6) is -0.0751. The Bertz CT molecular complexity index is 992. The second-order valence-corrected chi connectivity index (χ2v) is 6.75. The quantitative estimate of drug-likeness (QED) is 0.532. The van der Waals surface area contributed by atoms with Crippen LogP contribution >= 0.6 is 0 Å². The van der Waals surface area contributed by atoms with Crippen molar-refractivity contribution >= 4 is 43.0 Å². The first-order chi connectivity index (χ1) is 12.1. The molecule has 0 unspecified atom stereocenters. The number of benzene rings is 2. The molecule has 0 saturated carbocycles. The summed E-state index contributed by atoms with van der Waals surface area (Å²) in [6, 6.07) is 9.63. The Balaban J connectivity index is 1.79. The number of carbonyl (C=O) groups excluding carboxylic acids is 1. The van der Waals surface area contributed by atoms with Gasteiger partial charge in [0, 0.05) is 0 Å². The number of carbonyl (C=O) groups is 1. The van der Waals surface area contributed by atoms with Gasteiger partial charge in [0.15, 0.2) is 0 Å². The summed E-state index contributed by atoms with van der Waals surface area (Å²) < 4.78 is 18.7. The van der Waals surface area contributed by atoms with Crippen LogP contribution in [-0.2, 0) is 13.1 Å². The fourth-order valence-corrected chi connectivity index (χ4v) is 4.24. The number of nitrogens with zero attached hydrogens (tertiary/aromatic N) is 2. The van der Waals surface area contributed by atoms with E-state index >= 15 is 0 Å². The van der Waals surface area contributed by atoms with Crippen molar-refractivity contribution in [2.45, 2.75) is 13.1 Å². The van der Waals surface area contributed by atoms with E-state index in [1.807, 2.05) is 6.07 Å². The number of phenols is 1. The van der Waals surface area contributed by atoms with Crippen molar-refractivity contribution in [3.05, 3.63) is 65.1 Å². The summed E-state index contributed by atoms with van der Waals surface area (Å²) in [6.07, 6.45) is 1.57. The standard InChI is InChI=1S/C18H13FN2O3.Tl/c19-11-5-3-10(4-6-11)8-21-9-13-14(18(21)24)17(23)15-12(16(13)22)2-1-7-20-15;/h1-7,22-23H,8-9H2;/q;+1/p-1. The zero-order valence-electron chi connectivity index (χ0n) is 13.1. The minimum absolute atomic E-state index is 0.108. The summed E-state index contributed by atoms with van der Waals surface area (Å²) in [4.78, 5) is 18.6. The topological polar surface area (TPSA) is 62.7 Å². The van der Waals surface area contributed by atoms with Gasteiger partial charge < -0.3 is 0 Å². The molecule has 122 valence electrons. The van der Waals surface area contributed by atoms with Gasteiger partial charge in [0.1, 0.15) is 0 Å². The van der Waals surface area contributed by atoms with Gasteiger partial charge in [0.25, 0.3) is 0 Å². The first-order valence-electron chi connectivity index (χ1n) is 7.63. The van der Waals surface area contributed by atoms with E-state index in [9.17, 15) is 14.3 Å². The maximum absolute atomic E-state index is 13.1. The number of aromatic hydroxyl groups is 1. The third kappa shape index (κ3) is 2.64. The van der Waals surface area contributed by atoms with Crippen LogP contribution in [0.4, 0.5) is 4.39 Å². The van der Waals surface area contributed by atoms with E-state index in [0.29, 0.717) is 35.3 Å². The first kappa shape index (κ1) is 16.3. The predicted octanol–water partition coefficient (Wildman–Crippen LogP) is 2.70. The van der Waals surface area contributed by atoms with Crippen LogP contribution in [0.25, 0.3) is 10.9 Å². The minimum atomic E-state index is -0.317. The summed E-state index contributed by atoms with van der Waals surface area (Å²) in [7, 11) is 0. The van der Waals surface area contributed by atoms with Crippen LogP contribution in [0.2, 0.25) is 0 Å². The van der Waals surface area contributed by atoms with Crippen LogP contribution in [0.1, 0.15) is 21.5 Å². The third-order valence-electron chi connectivity index (χ3n) is 4.34. The Hall–Kier alpha value is -2.23. The Morgan fingerprint density at radius 3 is 2.76 bits per heavy atom. The van der Waals surface area contributed by atoms with Gasteiger partial charge in [-0.15, -0.1) is 0 Å². The molecule has 0 saturated heterocycles. The van der Waals surface area contributed by atoms with E-state index < -0.39 is 0 Å². The summed E-state index contributed by atoms with van der Waals surface area (Å²) in [6.45, 7) is 0.672. The molecule has 0 bridgehead atoms. The van der Waals surface area contributed by atoms with Gasteiger partial charge in [-0.05, 0) is 0 Å². The van der Waals surface area contributed by atoms with Crippen LogP contribution in [0.3, 0.4) is 0 Å². The molecule has 1 amide bonds. The molecule has 0 atom stereocenters. The van der Waals surface area contributed by atoms with E-state index in [-0.39, 0.29) is 49.3 Å². The van der Waals surface area contributed by atoms with Crippen molar-refractivity contribution < 1.29 is 17.0 Å². The maximum atomic E-state index is 13.1. The van der Waals surface area contributed by atoms with Gasteiger partial charge in [0.05, 0.1) is 0 Å². The average Bonchev–Trinajstić information content (AvgIpc) is 2.94. The third-order valence-corrected chi connectivity index (χ3v) is 5.26. The van der Waals surface area contributed by atoms with Gasteiger partial charge in [-0.2, -0.15) is 0 Å². The number of phenolic OH excluding ortho intramolecular Hbond substituents is 1. The number of amides is 1.